The SMILES string of the molecule is O=C(Cn1cnc(-c2ccc(Cl)cc2)cc1=O)Nc1cc(C(F)(F)F)cc(C(F)(F)F)c1. The molecule has 0 aliphatic rings. The molecular formula is C20H12ClF6N3O2. The number of nitrogens with one attached hydrogen (secondary N) is 1. The lowest BCUT2D eigenvalue weighted by molar-refractivity contribution is -0.143. The van der Waals surface area contributed by atoms with Crippen LogP contribution in [0.15, 0.2) is 59.7 Å². The first-order valence-electron chi connectivity index (χ1n) is 8.75. The number of nitrogens with zero attached hydrogens (tertiary/aromatic N) is 2. The van der Waals surface area contributed by atoms with Crippen molar-refractivity contribution in [2.75, 3.05) is 5.32 Å². The van der Waals surface area contributed by atoms with Crippen LogP contribution in [0.3, 0.4) is 0 Å². The van der Waals surface area contributed by atoms with Crippen molar-refractivity contribution in [3.8, 4) is 11.3 Å². The number of aromatic nitrogens is 2. The van der Waals surface area contributed by atoms with Crippen molar-refractivity contribution in [3.05, 3.63) is 81.4 Å². The van der Waals surface area contributed by atoms with Gasteiger partial charge in [0, 0.05) is 22.3 Å². The molecule has 168 valence electrons. The van der Waals surface area contributed by atoms with E-state index in [-0.39, 0.29) is 11.8 Å². The average Bonchev–Trinajstić information content (AvgIpc) is 2.68. The summed E-state index contributed by atoms with van der Waals surface area (Å²) >= 11 is 5.79. The van der Waals surface area contributed by atoms with Crippen LogP contribution in [0, 0.1) is 0 Å². The van der Waals surface area contributed by atoms with Crippen LogP contribution in [0.1, 0.15) is 11.1 Å². The number of rotatable bonds is 4. The molecule has 12 heteroatoms. The molecule has 0 radical (unpaired) electrons. The summed E-state index contributed by atoms with van der Waals surface area (Å²) in [6, 6.07) is 8.22. The first-order valence-corrected chi connectivity index (χ1v) is 9.12. The van der Waals surface area contributed by atoms with Gasteiger partial charge in [0.15, 0.2) is 0 Å². The average molecular weight is 476 g/mol. The van der Waals surface area contributed by atoms with Crippen LogP contribution < -0.4 is 10.9 Å². The van der Waals surface area contributed by atoms with E-state index in [1.807, 2.05) is 5.32 Å². The van der Waals surface area contributed by atoms with Gasteiger partial charge in [-0.2, -0.15) is 26.3 Å². The minimum absolute atomic E-state index is 0.0560. The molecule has 0 spiro atoms. The van der Waals surface area contributed by atoms with Crippen LogP contribution in [0.25, 0.3) is 11.3 Å². The number of amides is 1. The van der Waals surface area contributed by atoms with Crippen molar-refractivity contribution in [2.24, 2.45) is 0 Å². The summed E-state index contributed by atoms with van der Waals surface area (Å²) in [5, 5.41) is 2.43. The fourth-order valence-corrected chi connectivity index (χ4v) is 2.83. The van der Waals surface area contributed by atoms with E-state index in [0.29, 0.717) is 22.7 Å². The van der Waals surface area contributed by atoms with Crippen molar-refractivity contribution in [1.82, 2.24) is 9.55 Å². The van der Waals surface area contributed by atoms with Gasteiger partial charge in [-0.1, -0.05) is 23.7 Å². The molecule has 32 heavy (non-hydrogen) atoms. The number of hydrogen-bond acceptors (Lipinski definition) is 3. The van der Waals surface area contributed by atoms with E-state index in [0.717, 1.165) is 17.0 Å². The molecule has 3 rings (SSSR count). The molecule has 0 aliphatic carbocycles. The Balaban J connectivity index is 1.81. The highest BCUT2D eigenvalue weighted by Crippen LogP contribution is 2.37. The fourth-order valence-electron chi connectivity index (χ4n) is 2.71. The standard InChI is InChI=1S/C20H12ClF6N3O2/c21-14-3-1-11(2-4-14)16-8-18(32)30(10-28-16)9-17(31)29-15-6-12(19(22,23)24)5-13(7-15)20(25,26)27/h1-8,10H,9H2,(H,29,31). The number of carbonyl (C=O) groups excluding carboxylic acids is 1. The Bertz CT molecular complexity index is 1170. The van der Waals surface area contributed by atoms with Crippen molar-refractivity contribution in [2.45, 2.75) is 18.9 Å². The maximum Gasteiger partial charge on any atom is 0.416 e. The normalized spacial score (nSPS) is 12.0. The summed E-state index contributed by atoms with van der Waals surface area (Å²) in [6.07, 6.45) is -9.07. The van der Waals surface area contributed by atoms with E-state index >= 15 is 0 Å². The molecular weight excluding hydrogens is 464 g/mol. The molecule has 5 nitrogen and oxygen atoms in total. The molecule has 0 unspecified atom stereocenters. The maximum absolute atomic E-state index is 12.9. The molecule has 0 saturated heterocycles. The molecule has 1 amide bonds. The number of alkyl halides is 6. The maximum atomic E-state index is 12.9. The predicted octanol–water partition coefficient (Wildman–Crippen LogP) is 5.24. The van der Waals surface area contributed by atoms with E-state index in [1.54, 1.807) is 24.3 Å². The third-order valence-corrected chi connectivity index (χ3v) is 4.46. The first-order chi connectivity index (χ1) is 14.8. The number of carbonyl (C=O) groups is 1. The van der Waals surface area contributed by atoms with E-state index in [9.17, 15) is 35.9 Å². The first kappa shape index (κ1) is 23.3. The van der Waals surface area contributed by atoms with E-state index < -0.39 is 47.2 Å². The molecule has 1 heterocycles. The molecule has 1 aromatic heterocycles. The number of anilines is 1. The Hall–Kier alpha value is -3.34. The van der Waals surface area contributed by atoms with Crippen LogP contribution in [-0.4, -0.2) is 15.5 Å². The third kappa shape index (κ3) is 5.67. The van der Waals surface area contributed by atoms with Crippen LogP contribution in [-0.2, 0) is 23.7 Å². The Kier molecular flexibility index (Phi) is 6.31. The second kappa shape index (κ2) is 8.65. The lowest BCUT2D eigenvalue weighted by Gasteiger charge is -2.15. The second-order valence-corrected chi connectivity index (χ2v) is 7.03. The van der Waals surface area contributed by atoms with Gasteiger partial charge in [0.25, 0.3) is 5.56 Å². The summed E-state index contributed by atoms with van der Waals surface area (Å²) in [5.74, 6) is -1.01. The van der Waals surface area contributed by atoms with Gasteiger partial charge in [-0.15, -0.1) is 0 Å². The van der Waals surface area contributed by atoms with E-state index in [2.05, 4.69) is 4.98 Å². The van der Waals surface area contributed by atoms with Gasteiger partial charge in [0.2, 0.25) is 5.91 Å². The van der Waals surface area contributed by atoms with Crippen molar-refractivity contribution >= 4 is 23.2 Å². The Labute approximate surface area is 181 Å². The number of benzene rings is 2. The van der Waals surface area contributed by atoms with Gasteiger partial charge in [0.1, 0.15) is 6.54 Å². The third-order valence-electron chi connectivity index (χ3n) is 4.20. The monoisotopic (exact) mass is 475 g/mol. The molecule has 1 N–H and O–H groups in total. The van der Waals surface area contributed by atoms with Gasteiger partial charge >= 0.3 is 12.4 Å². The Morgan fingerprint density at radius 2 is 1.50 bits per heavy atom. The number of hydrogen-bond donors (Lipinski definition) is 1. The van der Waals surface area contributed by atoms with Crippen molar-refractivity contribution in [1.29, 1.82) is 0 Å². The zero-order valence-corrected chi connectivity index (χ0v) is 16.5. The zero-order valence-electron chi connectivity index (χ0n) is 15.8. The van der Waals surface area contributed by atoms with Gasteiger partial charge < -0.3 is 5.32 Å². The molecule has 0 atom stereocenters. The molecule has 0 saturated carbocycles. The smallest absolute Gasteiger partial charge is 0.325 e. The lowest BCUT2D eigenvalue weighted by Crippen LogP contribution is -2.27. The Morgan fingerprint density at radius 1 is 0.938 bits per heavy atom. The molecule has 0 fully saturated rings. The molecule has 2 aromatic carbocycles. The highest BCUT2D eigenvalue weighted by molar-refractivity contribution is 6.30. The van der Waals surface area contributed by atoms with E-state index in [1.165, 1.54) is 0 Å². The summed E-state index contributed by atoms with van der Waals surface area (Å²) < 4.78 is 78.4. The minimum Gasteiger partial charge on any atom is -0.325 e. The highest BCUT2D eigenvalue weighted by atomic mass is 35.5. The zero-order chi connectivity index (χ0) is 23.7. The van der Waals surface area contributed by atoms with Gasteiger partial charge in [-0.25, -0.2) is 4.98 Å². The molecule has 0 aliphatic heterocycles. The summed E-state index contributed by atoms with van der Waals surface area (Å²) in [4.78, 5) is 28.5. The van der Waals surface area contributed by atoms with Gasteiger partial charge in [-0.3, -0.25) is 14.2 Å². The quantitative estimate of drug-likeness (QED) is 0.525. The van der Waals surface area contributed by atoms with Crippen LogP contribution in [0.5, 0.6) is 0 Å². The summed E-state index contributed by atoms with van der Waals surface area (Å²) in [5.41, 5.74) is -3.65. The molecule has 3 aromatic rings. The van der Waals surface area contributed by atoms with E-state index in [4.69, 9.17) is 11.6 Å². The topological polar surface area (TPSA) is 64.0 Å². The Morgan fingerprint density at radius 3 is 2.00 bits per heavy atom. The van der Waals surface area contributed by atoms with Crippen LogP contribution in [0.4, 0.5) is 32.0 Å². The van der Waals surface area contributed by atoms with Gasteiger partial charge in [-0.05, 0) is 30.3 Å². The van der Waals surface area contributed by atoms with Crippen LogP contribution >= 0.6 is 11.6 Å². The van der Waals surface area contributed by atoms with Crippen molar-refractivity contribution < 1.29 is 31.1 Å². The van der Waals surface area contributed by atoms with Crippen molar-refractivity contribution in [3.63, 3.8) is 0 Å². The summed E-state index contributed by atoms with van der Waals surface area (Å²) in [6.45, 7) is -0.676. The highest BCUT2D eigenvalue weighted by Gasteiger charge is 2.37. The van der Waals surface area contributed by atoms with Crippen LogP contribution in [0.2, 0.25) is 5.02 Å². The van der Waals surface area contributed by atoms with Gasteiger partial charge in [0.05, 0.1) is 23.1 Å². The predicted molar refractivity (Wildman–Crippen MR) is 104 cm³/mol. The fraction of sp³-hybridized carbons (Fsp3) is 0.150. The number of halogens is 7. The largest absolute Gasteiger partial charge is 0.416 e. The second-order valence-electron chi connectivity index (χ2n) is 6.59. The summed E-state index contributed by atoms with van der Waals surface area (Å²) in [7, 11) is 0. The molecule has 0 bridgehead atoms. The minimum atomic E-state index is -5.06. The lowest BCUT2D eigenvalue weighted by atomic mass is 10.1.